The van der Waals surface area contributed by atoms with E-state index in [1.54, 1.807) is 0 Å². The molecule has 1 amide bonds. The summed E-state index contributed by atoms with van der Waals surface area (Å²) in [6.07, 6.45) is -6.95. The van der Waals surface area contributed by atoms with Gasteiger partial charge in [-0.2, -0.15) is 13.2 Å². The number of fused-ring (bicyclic) bond motifs is 1. The van der Waals surface area contributed by atoms with Crippen molar-refractivity contribution in [1.29, 1.82) is 0 Å². The molecule has 0 radical (unpaired) electrons. The number of anilines is 1. The molecular weight excluding hydrogens is 470 g/mol. The zero-order chi connectivity index (χ0) is 25.6. The number of benzene rings is 2. The highest BCUT2D eigenvalue weighted by Gasteiger charge is 2.61. The summed E-state index contributed by atoms with van der Waals surface area (Å²) >= 11 is 0. The van der Waals surface area contributed by atoms with Crippen LogP contribution in [0.2, 0.25) is 0 Å². The molecule has 0 aliphatic heterocycles. The number of nitrogens with one attached hydrogen (secondary N) is 1. The lowest BCUT2D eigenvalue weighted by molar-refractivity contribution is -0.254. The lowest BCUT2D eigenvalue weighted by atomic mass is 9.74. The highest BCUT2D eigenvalue weighted by Crippen LogP contribution is 2.43. The van der Waals surface area contributed by atoms with Crippen molar-refractivity contribution >= 4 is 22.4 Å². The fraction of sp³-hybridized carbons (Fsp3) is 0.318. The van der Waals surface area contributed by atoms with Crippen molar-refractivity contribution in [2.24, 2.45) is 0 Å². The standard InChI is InChI=1S/C22H18F6N2O4/c1-10-13-8-11(4-5-12(13)18(31)34-30-10)29-19(32)21(33,22(26,27)28)9-20(2,3)14-6-7-15(23)17(25)16(14)24/h4-8,33H,9H2,1-3H3,(H,29,32). The first-order valence-electron chi connectivity index (χ1n) is 9.73. The second-order valence-electron chi connectivity index (χ2n) is 8.41. The summed E-state index contributed by atoms with van der Waals surface area (Å²) in [7, 11) is 0. The van der Waals surface area contributed by atoms with Crippen molar-refractivity contribution in [1.82, 2.24) is 5.16 Å². The molecule has 1 atom stereocenters. The maximum Gasteiger partial charge on any atom is 0.426 e. The Morgan fingerprint density at radius 3 is 2.32 bits per heavy atom. The van der Waals surface area contributed by atoms with E-state index in [-0.39, 0.29) is 22.2 Å². The van der Waals surface area contributed by atoms with E-state index in [2.05, 4.69) is 9.68 Å². The summed E-state index contributed by atoms with van der Waals surface area (Å²) in [5.74, 6) is -7.07. The Bertz CT molecular complexity index is 1340. The van der Waals surface area contributed by atoms with Gasteiger partial charge < -0.3 is 14.9 Å². The number of nitrogens with zero attached hydrogens (tertiary/aromatic N) is 1. The van der Waals surface area contributed by atoms with Gasteiger partial charge in [0.15, 0.2) is 17.5 Å². The quantitative estimate of drug-likeness (QED) is 0.407. The number of carbonyl (C=O) groups excluding carboxylic acids is 1. The van der Waals surface area contributed by atoms with Crippen LogP contribution in [-0.2, 0) is 10.2 Å². The molecule has 182 valence electrons. The average molecular weight is 488 g/mol. The van der Waals surface area contributed by atoms with Crippen LogP contribution in [0.4, 0.5) is 32.0 Å². The minimum atomic E-state index is -5.53. The maximum absolute atomic E-state index is 14.3. The number of aryl methyl sites for hydroxylation is 1. The predicted molar refractivity (Wildman–Crippen MR) is 109 cm³/mol. The van der Waals surface area contributed by atoms with Crippen LogP contribution in [0.5, 0.6) is 0 Å². The van der Waals surface area contributed by atoms with Crippen LogP contribution in [0, 0.1) is 24.4 Å². The second kappa shape index (κ2) is 8.42. The SMILES string of the molecule is Cc1noc(=O)c2ccc(NC(=O)C(O)(CC(C)(C)c3ccc(F)c(F)c3F)C(F)(F)F)cc12. The molecule has 2 N–H and O–H groups in total. The van der Waals surface area contributed by atoms with Crippen molar-refractivity contribution in [3.05, 3.63) is 69.5 Å². The number of alkyl halides is 3. The van der Waals surface area contributed by atoms with Gasteiger partial charge in [0, 0.05) is 17.5 Å². The van der Waals surface area contributed by atoms with E-state index in [0.717, 1.165) is 26.0 Å². The number of aromatic nitrogens is 1. The molecule has 0 aliphatic carbocycles. The van der Waals surface area contributed by atoms with Gasteiger partial charge in [-0.05, 0) is 42.2 Å². The Morgan fingerprint density at radius 2 is 1.71 bits per heavy atom. The summed E-state index contributed by atoms with van der Waals surface area (Å²) < 4.78 is 87.5. The van der Waals surface area contributed by atoms with Gasteiger partial charge in [0.1, 0.15) is 0 Å². The third kappa shape index (κ3) is 4.37. The second-order valence-corrected chi connectivity index (χ2v) is 8.41. The van der Waals surface area contributed by atoms with Crippen LogP contribution in [-0.4, -0.2) is 27.9 Å². The zero-order valence-electron chi connectivity index (χ0n) is 18.0. The van der Waals surface area contributed by atoms with E-state index in [9.17, 15) is 41.0 Å². The summed E-state index contributed by atoms with van der Waals surface area (Å²) in [6.45, 7) is 3.54. The van der Waals surface area contributed by atoms with E-state index in [1.165, 1.54) is 19.1 Å². The minimum Gasteiger partial charge on any atom is -0.373 e. The molecule has 1 unspecified atom stereocenters. The van der Waals surface area contributed by atoms with Gasteiger partial charge in [0.2, 0.25) is 5.60 Å². The number of hydrogen-bond donors (Lipinski definition) is 2. The highest BCUT2D eigenvalue weighted by atomic mass is 19.4. The predicted octanol–water partition coefficient (Wildman–Crippen LogP) is 4.51. The molecule has 2 aromatic carbocycles. The van der Waals surface area contributed by atoms with Crippen molar-refractivity contribution in [3.63, 3.8) is 0 Å². The van der Waals surface area contributed by atoms with Crippen LogP contribution >= 0.6 is 0 Å². The Labute approximate surface area is 188 Å². The van der Waals surface area contributed by atoms with Gasteiger partial charge in [-0.15, -0.1) is 0 Å². The van der Waals surface area contributed by atoms with Gasteiger partial charge >= 0.3 is 11.8 Å². The van der Waals surface area contributed by atoms with Gasteiger partial charge in [0.25, 0.3) is 5.91 Å². The average Bonchev–Trinajstić information content (AvgIpc) is 2.73. The van der Waals surface area contributed by atoms with Crippen molar-refractivity contribution in [3.8, 4) is 0 Å². The van der Waals surface area contributed by atoms with E-state index < -0.39 is 58.2 Å². The van der Waals surface area contributed by atoms with Crippen LogP contribution in [0.15, 0.2) is 39.6 Å². The Balaban J connectivity index is 2.00. The van der Waals surface area contributed by atoms with E-state index in [0.29, 0.717) is 6.07 Å². The van der Waals surface area contributed by atoms with Gasteiger partial charge in [-0.3, -0.25) is 4.79 Å². The molecule has 0 bridgehead atoms. The molecule has 1 aromatic heterocycles. The van der Waals surface area contributed by atoms with Crippen LogP contribution in [0.1, 0.15) is 31.5 Å². The van der Waals surface area contributed by atoms with Gasteiger partial charge in [0.05, 0.1) is 11.1 Å². The lowest BCUT2D eigenvalue weighted by Crippen LogP contribution is -2.57. The van der Waals surface area contributed by atoms with Gasteiger partial charge in [-0.1, -0.05) is 25.1 Å². The molecule has 0 saturated carbocycles. The largest absolute Gasteiger partial charge is 0.426 e. The lowest BCUT2D eigenvalue weighted by Gasteiger charge is -2.36. The number of rotatable bonds is 5. The summed E-state index contributed by atoms with van der Waals surface area (Å²) in [4.78, 5) is 24.4. The first-order chi connectivity index (χ1) is 15.6. The maximum atomic E-state index is 14.3. The fourth-order valence-electron chi connectivity index (χ4n) is 3.63. The summed E-state index contributed by atoms with van der Waals surface area (Å²) in [6, 6.07) is 4.76. The third-order valence-electron chi connectivity index (χ3n) is 5.46. The van der Waals surface area contributed by atoms with Crippen molar-refractivity contribution < 1.29 is 40.8 Å². The monoisotopic (exact) mass is 488 g/mol. The molecule has 3 rings (SSSR count). The first kappa shape index (κ1) is 25.2. The van der Waals surface area contributed by atoms with Crippen LogP contribution in [0.3, 0.4) is 0 Å². The molecule has 0 aliphatic rings. The van der Waals surface area contributed by atoms with E-state index in [1.807, 2.05) is 5.32 Å². The first-order valence-corrected chi connectivity index (χ1v) is 9.73. The summed E-state index contributed by atoms with van der Waals surface area (Å²) in [5.41, 5.74) is -7.48. The number of hydrogen-bond acceptors (Lipinski definition) is 5. The molecular formula is C22H18F6N2O4. The molecule has 1 heterocycles. The van der Waals surface area contributed by atoms with Crippen LogP contribution in [0.25, 0.3) is 10.8 Å². The number of halogens is 6. The molecule has 0 saturated heterocycles. The topological polar surface area (TPSA) is 92.4 Å². The van der Waals surface area contributed by atoms with Crippen LogP contribution < -0.4 is 10.9 Å². The molecule has 3 aromatic rings. The van der Waals surface area contributed by atoms with Crippen molar-refractivity contribution in [2.75, 3.05) is 5.32 Å². The minimum absolute atomic E-state index is 0.0616. The van der Waals surface area contributed by atoms with E-state index in [4.69, 9.17) is 0 Å². The normalized spacial score (nSPS) is 14.2. The number of aliphatic hydroxyl groups is 1. The Morgan fingerprint density at radius 1 is 1.06 bits per heavy atom. The molecule has 12 heteroatoms. The number of amides is 1. The van der Waals surface area contributed by atoms with E-state index >= 15 is 0 Å². The Kier molecular flexibility index (Phi) is 6.25. The molecule has 0 fully saturated rings. The molecule has 34 heavy (non-hydrogen) atoms. The highest BCUT2D eigenvalue weighted by molar-refractivity contribution is 5.99. The zero-order valence-corrected chi connectivity index (χ0v) is 18.0. The molecule has 6 nitrogen and oxygen atoms in total. The number of carbonyl (C=O) groups is 1. The fourth-order valence-corrected chi connectivity index (χ4v) is 3.63. The summed E-state index contributed by atoms with van der Waals surface area (Å²) in [5, 5.41) is 16.2. The van der Waals surface area contributed by atoms with Gasteiger partial charge in [-0.25, -0.2) is 18.0 Å². The third-order valence-corrected chi connectivity index (χ3v) is 5.46. The molecule has 0 spiro atoms. The smallest absolute Gasteiger partial charge is 0.373 e. The van der Waals surface area contributed by atoms with Crippen molar-refractivity contribution in [2.45, 2.75) is 44.4 Å². The Hall–Kier alpha value is -3.41.